The van der Waals surface area contributed by atoms with Gasteiger partial charge >= 0.3 is 5.97 Å². The predicted octanol–water partition coefficient (Wildman–Crippen LogP) is 3.77. The highest BCUT2D eigenvalue weighted by Crippen LogP contribution is 2.42. The smallest absolute Gasteiger partial charge is 0.343 e. The number of benzene rings is 2. The van der Waals surface area contributed by atoms with E-state index >= 15 is 0 Å². The van der Waals surface area contributed by atoms with E-state index in [2.05, 4.69) is 0 Å². The third kappa shape index (κ3) is 4.28. The lowest BCUT2D eigenvalue weighted by Gasteiger charge is -2.31. The van der Waals surface area contributed by atoms with E-state index in [1.807, 2.05) is 61.0 Å². The van der Waals surface area contributed by atoms with Gasteiger partial charge in [0.05, 0.1) is 24.1 Å². The minimum absolute atomic E-state index is 0.167. The number of nitrogens with zero attached hydrogens (tertiary/aromatic N) is 3. The van der Waals surface area contributed by atoms with Gasteiger partial charge in [0.15, 0.2) is 23.0 Å². The Kier molecular flexibility index (Phi) is 6.23. The maximum atomic E-state index is 14.1. The molecule has 0 radical (unpaired) electrons. The first kappa shape index (κ1) is 24.9. The van der Waals surface area contributed by atoms with Crippen LogP contribution < -0.4 is 15.0 Å². The first-order valence-electron chi connectivity index (χ1n) is 12.8. The number of pyridine rings is 1. The average Bonchev–Trinajstić information content (AvgIpc) is 3.39. The molecule has 3 aliphatic rings. The lowest BCUT2D eigenvalue weighted by Crippen LogP contribution is -2.35. The van der Waals surface area contributed by atoms with E-state index in [4.69, 9.17) is 23.9 Å². The summed E-state index contributed by atoms with van der Waals surface area (Å²) in [5.41, 5.74) is 2.75. The third-order valence-corrected chi connectivity index (χ3v) is 7.36. The zero-order valence-corrected chi connectivity index (χ0v) is 22.3. The SMILES string of the molecule is COc1cc2c3c(n(CCN(C)C)c(=O)c2cc1OC(=O)c1ccccc1C)C1C=C2OCOC2=CC1N=C3. The van der Waals surface area contributed by atoms with E-state index in [0.29, 0.717) is 46.7 Å². The number of carbonyl (C=O) groups is 1. The zero-order valence-electron chi connectivity index (χ0n) is 22.3. The van der Waals surface area contributed by atoms with Crippen LogP contribution in [0.25, 0.3) is 10.8 Å². The van der Waals surface area contributed by atoms with E-state index < -0.39 is 5.97 Å². The fourth-order valence-corrected chi connectivity index (χ4v) is 5.33. The molecule has 0 amide bonds. The van der Waals surface area contributed by atoms with E-state index in [9.17, 15) is 9.59 Å². The van der Waals surface area contributed by atoms with Crippen molar-refractivity contribution in [2.24, 2.45) is 4.99 Å². The molecule has 2 aliphatic heterocycles. The number of hydrogen-bond acceptors (Lipinski definition) is 8. The molecule has 2 atom stereocenters. The summed E-state index contributed by atoms with van der Waals surface area (Å²) in [5.74, 6) is 1.17. The van der Waals surface area contributed by atoms with Gasteiger partial charge in [-0.1, -0.05) is 18.2 Å². The Morgan fingerprint density at radius 3 is 2.59 bits per heavy atom. The molecule has 2 aromatic carbocycles. The summed E-state index contributed by atoms with van der Waals surface area (Å²) in [6.07, 6.45) is 5.76. The van der Waals surface area contributed by atoms with E-state index in [1.165, 1.54) is 7.11 Å². The number of aliphatic imine (C=N–C) groups is 1. The first-order valence-corrected chi connectivity index (χ1v) is 12.8. The van der Waals surface area contributed by atoms with Gasteiger partial charge in [-0.25, -0.2) is 4.79 Å². The molecule has 0 spiro atoms. The van der Waals surface area contributed by atoms with Gasteiger partial charge in [0, 0.05) is 41.9 Å². The minimum Gasteiger partial charge on any atom is -0.493 e. The van der Waals surface area contributed by atoms with Crippen molar-refractivity contribution in [3.8, 4) is 11.5 Å². The molecular formula is C30H29N3O6. The van der Waals surface area contributed by atoms with Crippen molar-refractivity contribution >= 4 is 23.0 Å². The van der Waals surface area contributed by atoms with E-state index in [-0.39, 0.29) is 30.1 Å². The molecule has 1 aromatic heterocycles. The van der Waals surface area contributed by atoms with Crippen LogP contribution in [0.5, 0.6) is 11.5 Å². The molecule has 200 valence electrons. The van der Waals surface area contributed by atoms with Crippen LogP contribution in [0.2, 0.25) is 0 Å². The number of carbonyl (C=O) groups excluding carboxylic acids is 1. The van der Waals surface area contributed by atoms with Crippen LogP contribution in [0.1, 0.15) is 33.1 Å². The predicted molar refractivity (Wildman–Crippen MR) is 147 cm³/mol. The van der Waals surface area contributed by atoms with Crippen molar-refractivity contribution < 1.29 is 23.7 Å². The fourth-order valence-electron chi connectivity index (χ4n) is 5.33. The zero-order chi connectivity index (χ0) is 27.3. The Morgan fingerprint density at radius 1 is 1.10 bits per heavy atom. The largest absolute Gasteiger partial charge is 0.493 e. The molecule has 9 nitrogen and oxygen atoms in total. The molecule has 0 N–H and O–H groups in total. The van der Waals surface area contributed by atoms with Crippen molar-refractivity contribution in [3.05, 3.63) is 92.8 Å². The molecule has 6 rings (SSSR count). The second-order valence-corrected chi connectivity index (χ2v) is 10.1. The van der Waals surface area contributed by atoms with Crippen LogP contribution in [0, 0.1) is 6.92 Å². The van der Waals surface area contributed by atoms with Gasteiger partial charge in [-0.05, 0) is 56.9 Å². The molecular weight excluding hydrogens is 498 g/mol. The normalized spacial score (nSPS) is 18.9. The molecule has 0 bridgehead atoms. The summed E-state index contributed by atoms with van der Waals surface area (Å²) < 4.78 is 24.5. The maximum absolute atomic E-state index is 14.1. The fraction of sp³-hybridized carbons (Fsp3) is 0.300. The second-order valence-electron chi connectivity index (χ2n) is 10.1. The van der Waals surface area contributed by atoms with Crippen LogP contribution >= 0.6 is 0 Å². The number of ether oxygens (including phenoxy) is 4. The van der Waals surface area contributed by atoms with Gasteiger partial charge in [0.1, 0.15) is 0 Å². The summed E-state index contributed by atoms with van der Waals surface area (Å²) in [5, 5.41) is 1.11. The van der Waals surface area contributed by atoms with Gasteiger partial charge in [-0.2, -0.15) is 0 Å². The van der Waals surface area contributed by atoms with Gasteiger partial charge in [0.2, 0.25) is 6.79 Å². The van der Waals surface area contributed by atoms with Crippen LogP contribution in [0.3, 0.4) is 0 Å². The lowest BCUT2D eigenvalue weighted by molar-refractivity contribution is 0.0729. The maximum Gasteiger partial charge on any atom is 0.343 e. The number of aryl methyl sites for hydroxylation is 1. The van der Waals surface area contributed by atoms with Crippen LogP contribution in [0.4, 0.5) is 0 Å². The van der Waals surface area contributed by atoms with Crippen molar-refractivity contribution in [2.45, 2.75) is 25.4 Å². The number of fused-ring (bicyclic) bond motifs is 6. The van der Waals surface area contributed by atoms with E-state index in [0.717, 1.165) is 16.8 Å². The van der Waals surface area contributed by atoms with Crippen LogP contribution in [0.15, 0.2) is 69.9 Å². The summed E-state index contributed by atoms with van der Waals surface area (Å²) in [6.45, 7) is 3.15. The summed E-state index contributed by atoms with van der Waals surface area (Å²) in [6, 6.07) is 10.3. The summed E-state index contributed by atoms with van der Waals surface area (Å²) in [4.78, 5) is 34.0. The van der Waals surface area contributed by atoms with Crippen molar-refractivity contribution in [2.75, 3.05) is 34.5 Å². The van der Waals surface area contributed by atoms with Crippen molar-refractivity contribution in [1.82, 2.24) is 9.47 Å². The minimum atomic E-state index is -0.517. The number of likely N-dealkylation sites (N-methyl/N-ethyl adjacent to an activating group) is 1. The Morgan fingerprint density at radius 2 is 1.85 bits per heavy atom. The second kappa shape index (κ2) is 9.74. The molecule has 0 saturated carbocycles. The van der Waals surface area contributed by atoms with Gasteiger partial charge in [-0.15, -0.1) is 0 Å². The topological polar surface area (TPSA) is 91.6 Å². The van der Waals surface area contributed by atoms with Crippen LogP contribution in [-0.2, 0) is 16.0 Å². The monoisotopic (exact) mass is 527 g/mol. The highest BCUT2D eigenvalue weighted by atomic mass is 16.7. The number of aromatic nitrogens is 1. The molecule has 2 unspecified atom stereocenters. The molecule has 3 aromatic rings. The van der Waals surface area contributed by atoms with Gasteiger partial charge in [0.25, 0.3) is 5.56 Å². The number of rotatable bonds is 6. The number of hydrogen-bond donors (Lipinski definition) is 0. The van der Waals surface area contributed by atoms with Gasteiger partial charge in [-0.3, -0.25) is 9.79 Å². The molecule has 9 heteroatoms. The van der Waals surface area contributed by atoms with E-state index in [1.54, 1.807) is 24.3 Å². The molecule has 39 heavy (non-hydrogen) atoms. The highest BCUT2D eigenvalue weighted by Gasteiger charge is 2.36. The average molecular weight is 528 g/mol. The Labute approximate surface area is 225 Å². The summed E-state index contributed by atoms with van der Waals surface area (Å²) >= 11 is 0. The van der Waals surface area contributed by atoms with Crippen LogP contribution in [-0.4, -0.2) is 62.2 Å². The summed E-state index contributed by atoms with van der Waals surface area (Å²) in [7, 11) is 5.45. The van der Waals surface area contributed by atoms with Gasteiger partial charge < -0.3 is 28.4 Å². The Bertz CT molecular complexity index is 1650. The highest BCUT2D eigenvalue weighted by molar-refractivity contribution is 6.03. The standard InChI is InChI=1S/C30H29N3O6/c1-17-7-5-6-8-18(17)30(35)39-27-12-20-19(11-24(27)36-4)22-15-31-23-14-26-25(37-16-38-26)13-21(23)28(22)33(29(20)34)10-9-32(2)3/h5-8,11-15,21,23H,9-10,16H2,1-4H3. The molecule has 1 aliphatic carbocycles. The molecule has 1 saturated heterocycles. The Balaban J connectivity index is 1.53. The number of esters is 1. The van der Waals surface area contributed by atoms with Crippen molar-refractivity contribution in [3.63, 3.8) is 0 Å². The number of methoxy groups -OCH3 is 1. The third-order valence-electron chi connectivity index (χ3n) is 7.36. The Hall–Kier alpha value is -4.37. The quantitative estimate of drug-likeness (QED) is 0.356. The molecule has 1 fully saturated rings. The molecule has 3 heterocycles. The first-order chi connectivity index (χ1) is 18.9. The van der Waals surface area contributed by atoms with Crippen molar-refractivity contribution in [1.29, 1.82) is 0 Å². The lowest BCUT2D eigenvalue weighted by atomic mass is 9.84.